The monoisotopic (exact) mass is 403 g/mol. The summed E-state index contributed by atoms with van der Waals surface area (Å²) in [5.74, 6) is -0.193. The number of benzene rings is 2. The molecule has 2 N–H and O–H groups in total. The Hall–Kier alpha value is -2.29. The van der Waals surface area contributed by atoms with E-state index in [-0.39, 0.29) is 10.8 Å². The lowest BCUT2D eigenvalue weighted by Crippen LogP contribution is -2.17. The minimum absolute atomic E-state index is 0.0573. The first kappa shape index (κ1) is 19.5. The molecule has 6 nitrogen and oxygen atoms in total. The van der Waals surface area contributed by atoms with Gasteiger partial charge < -0.3 is 4.57 Å². The Morgan fingerprint density at radius 3 is 2.59 bits per heavy atom. The van der Waals surface area contributed by atoms with Gasteiger partial charge in [0, 0.05) is 13.0 Å². The van der Waals surface area contributed by atoms with Crippen LogP contribution in [0.25, 0.3) is 10.2 Å². The number of nitrogens with two attached hydrogens (primary N) is 1. The minimum atomic E-state index is -3.77. The number of aryl methyl sites for hydroxylation is 2. The molecule has 3 aromatic rings. The molecule has 0 saturated carbocycles. The van der Waals surface area contributed by atoms with Crippen LogP contribution in [0, 0.1) is 0 Å². The lowest BCUT2D eigenvalue weighted by atomic mass is 10.1. The Labute approximate surface area is 162 Å². The SMILES string of the molecule is CCCn1c(=NC(=O)CCc2ccccc2)sc2cc(S(N)(=O)=O)ccc21. The molecule has 8 heteroatoms. The second kappa shape index (κ2) is 8.16. The lowest BCUT2D eigenvalue weighted by Gasteiger charge is -2.03. The van der Waals surface area contributed by atoms with E-state index in [1.807, 2.05) is 41.8 Å². The van der Waals surface area contributed by atoms with Gasteiger partial charge in [-0.2, -0.15) is 4.99 Å². The first-order chi connectivity index (χ1) is 12.9. The van der Waals surface area contributed by atoms with Crippen LogP contribution in [0.2, 0.25) is 0 Å². The van der Waals surface area contributed by atoms with Crippen LogP contribution >= 0.6 is 11.3 Å². The summed E-state index contributed by atoms with van der Waals surface area (Å²) in [6.45, 7) is 2.73. The molecule has 2 aromatic carbocycles. The molecule has 0 saturated heterocycles. The molecule has 1 aromatic heterocycles. The molecular weight excluding hydrogens is 382 g/mol. The average molecular weight is 404 g/mol. The van der Waals surface area contributed by atoms with Gasteiger partial charge in [0.2, 0.25) is 15.9 Å². The van der Waals surface area contributed by atoms with Crippen LogP contribution in [-0.2, 0) is 27.8 Å². The number of primary sulfonamides is 1. The number of carbonyl (C=O) groups is 1. The topological polar surface area (TPSA) is 94.5 Å². The van der Waals surface area contributed by atoms with Crippen molar-refractivity contribution >= 4 is 37.5 Å². The van der Waals surface area contributed by atoms with Gasteiger partial charge in [-0.1, -0.05) is 48.6 Å². The highest BCUT2D eigenvalue weighted by Gasteiger charge is 2.13. The molecular formula is C19H21N3O3S2. The number of fused-ring (bicyclic) bond motifs is 1. The molecule has 1 amide bonds. The molecule has 0 fully saturated rings. The number of rotatable bonds is 6. The van der Waals surface area contributed by atoms with Crippen molar-refractivity contribution in [3.05, 3.63) is 58.9 Å². The molecule has 0 aliphatic carbocycles. The maximum Gasteiger partial charge on any atom is 0.248 e. The van der Waals surface area contributed by atoms with Crippen LogP contribution in [0.15, 0.2) is 58.4 Å². The van der Waals surface area contributed by atoms with Crippen LogP contribution in [0.5, 0.6) is 0 Å². The molecule has 0 spiro atoms. The van der Waals surface area contributed by atoms with Gasteiger partial charge in [0.1, 0.15) is 0 Å². The quantitative estimate of drug-likeness (QED) is 0.686. The number of hydrogen-bond donors (Lipinski definition) is 1. The molecule has 0 aliphatic rings. The number of carbonyl (C=O) groups excluding carboxylic acids is 1. The van der Waals surface area contributed by atoms with Crippen molar-refractivity contribution in [1.82, 2.24) is 4.57 Å². The van der Waals surface area contributed by atoms with Crippen LogP contribution in [0.4, 0.5) is 0 Å². The number of aromatic nitrogens is 1. The summed E-state index contributed by atoms with van der Waals surface area (Å²) in [4.78, 5) is 17.3. The largest absolute Gasteiger partial charge is 0.316 e. The van der Waals surface area contributed by atoms with Crippen LogP contribution in [0.3, 0.4) is 0 Å². The van der Waals surface area contributed by atoms with E-state index in [0.717, 1.165) is 22.2 Å². The third-order valence-corrected chi connectivity index (χ3v) is 6.07. The highest BCUT2D eigenvalue weighted by molar-refractivity contribution is 7.89. The minimum Gasteiger partial charge on any atom is -0.316 e. The van der Waals surface area contributed by atoms with Gasteiger partial charge in [0.25, 0.3) is 0 Å². The normalized spacial score (nSPS) is 12.6. The average Bonchev–Trinajstić information content (AvgIpc) is 2.97. The number of hydrogen-bond acceptors (Lipinski definition) is 4. The molecule has 3 rings (SSSR count). The zero-order valence-electron chi connectivity index (χ0n) is 15.0. The van der Waals surface area contributed by atoms with Crippen molar-refractivity contribution in [1.29, 1.82) is 0 Å². The van der Waals surface area contributed by atoms with Gasteiger partial charge >= 0.3 is 0 Å². The maximum atomic E-state index is 12.4. The van der Waals surface area contributed by atoms with Gasteiger partial charge in [-0.3, -0.25) is 4.79 Å². The van der Waals surface area contributed by atoms with Gasteiger partial charge in [-0.25, -0.2) is 13.6 Å². The predicted octanol–water partition coefficient (Wildman–Crippen LogP) is 2.82. The Kier molecular flexibility index (Phi) is 5.88. The van der Waals surface area contributed by atoms with Gasteiger partial charge in [-0.05, 0) is 36.6 Å². The van der Waals surface area contributed by atoms with E-state index in [2.05, 4.69) is 4.99 Å². The fourth-order valence-corrected chi connectivity index (χ4v) is 4.54. The van der Waals surface area contributed by atoms with E-state index in [4.69, 9.17) is 5.14 Å². The molecule has 0 aliphatic heterocycles. The van der Waals surface area contributed by atoms with Crippen LogP contribution in [-0.4, -0.2) is 18.9 Å². The van der Waals surface area contributed by atoms with Crippen LogP contribution < -0.4 is 9.94 Å². The smallest absolute Gasteiger partial charge is 0.248 e. The molecule has 0 radical (unpaired) electrons. The Morgan fingerprint density at radius 1 is 1.19 bits per heavy atom. The van der Waals surface area contributed by atoms with E-state index in [0.29, 0.717) is 24.2 Å². The molecule has 0 bridgehead atoms. The molecule has 142 valence electrons. The molecule has 1 heterocycles. The molecule has 0 unspecified atom stereocenters. The van der Waals surface area contributed by atoms with E-state index >= 15 is 0 Å². The Balaban J connectivity index is 1.95. The summed E-state index contributed by atoms with van der Waals surface area (Å²) < 4.78 is 25.9. The highest BCUT2D eigenvalue weighted by atomic mass is 32.2. The van der Waals surface area contributed by atoms with E-state index in [1.165, 1.54) is 23.5 Å². The molecule has 27 heavy (non-hydrogen) atoms. The lowest BCUT2D eigenvalue weighted by molar-refractivity contribution is -0.118. The van der Waals surface area contributed by atoms with Crippen molar-refractivity contribution < 1.29 is 13.2 Å². The fourth-order valence-electron chi connectivity index (χ4n) is 2.81. The van der Waals surface area contributed by atoms with Crippen molar-refractivity contribution in [2.24, 2.45) is 10.1 Å². The second-order valence-electron chi connectivity index (χ2n) is 6.20. The van der Waals surface area contributed by atoms with Gasteiger partial charge in [0.15, 0.2) is 4.80 Å². The third-order valence-electron chi connectivity index (χ3n) is 4.12. The van der Waals surface area contributed by atoms with Crippen LogP contribution in [0.1, 0.15) is 25.3 Å². The summed E-state index contributed by atoms with van der Waals surface area (Å²) in [5.41, 5.74) is 1.94. The summed E-state index contributed by atoms with van der Waals surface area (Å²) in [6.07, 6.45) is 1.83. The van der Waals surface area contributed by atoms with Crippen molar-refractivity contribution in [2.45, 2.75) is 37.6 Å². The third kappa shape index (κ3) is 4.71. The van der Waals surface area contributed by atoms with Crippen molar-refractivity contribution in [3.63, 3.8) is 0 Å². The maximum absolute atomic E-state index is 12.4. The Bertz CT molecular complexity index is 1130. The number of sulfonamides is 1. The summed E-state index contributed by atoms with van der Waals surface area (Å²) >= 11 is 1.30. The Morgan fingerprint density at radius 2 is 1.93 bits per heavy atom. The molecule has 0 atom stereocenters. The first-order valence-corrected chi connectivity index (χ1v) is 11.0. The van der Waals surface area contributed by atoms with E-state index in [9.17, 15) is 13.2 Å². The highest BCUT2D eigenvalue weighted by Crippen LogP contribution is 2.21. The number of thiazole rings is 1. The fraction of sp³-hybridized carbons (Fsp3) is 0.263. The van der Waals surface area contributed by atoms with E-state index < -0.39 is 10.0 Å². The number of nitrogens with zero attached hydrogens (tertiary/aromatic N) is 2. The summed E-state index contributed by atoms with van der Waals surface area (Å²) in [6, 6.07) is 14.5. The summed E-state index contributed by atoms with van der Waals surface area (Å²) in [5, 5.41) is 5.22. The van der Waals surface area contributed by atoms with Gasteiger partial charge in [-0.15, -0.1) is 0 Å². The zero-order valence-corrected chi connectivity index (χ0v) is 16.6. The number of amides is 1. The van der Waals surface area contributed by atoms with Crippen molar-refractivity contribution in [3.8, 4) is 0 Å². The predicted molar refractivity (Wildman–Crippen MR) is 107 cm³/mol. The van der Waals surface area contributed by atoms with E-state index in [1.54, 1.807) is 6.07 Å². The zero-order chi connectivity index (χ0) is 19.4. The summed E-state index contributed by atoms with van der Waals surface area (Å²) in [7, 11) is -3.77. The van der Waals surface area contributed by atoms with Gasteiger partial charge in [0.05, 0.1) is 15.1 Å². The first-order valence-electron chi connectivity index (χ1n) is 8.66. The standard InChI is InChI=1S/C19H21N3O3S2/c1-2-12-22-16-10-9-15(27(20,24)25)13-17(16)26-19(22)21-18(23)11-8-14-6-4-3-5-7-14/h3-7,9-10,13H,2,8,11-12H2,1H3,(H2,20,24,25). The van der Waals surface area contributed by atoms with Crippen molar-refractivity contribution in [2.75, 3.05) is 0 Å². The second-order valence-corrected chi connectivity index (χ2v) is 8.77.